The third kappa shape index (κ3) is 4.13. The van der Waals surface area contributed by atoms with Gasteiger partial charge in [0, 0.05) is 18.8 Å². The molecule has 1 heterocycles. The third-order valence-electron chi connectivity index (χ3n) is 4.42. The van der Waals surface area contributed by atoms with E-state index >= 15 is 0 Å². The average Bonchev–Trinajstić information content (AvgIpc) is 2.49. The fraction of sp³-hybridized carbons (Fsp3) is 0.579. The second-order valence-electron chi connectivity index (χ2n) is 6.01. The molecule has 0 saturated carbocycles. The molecule has 0 aliphatic carbocycles. The van der Waals surface area contributed by atoms with E-state index in [-0.39, 0.29) is 0 Å². The summed E-state index contributed by atoms with van der Waals surface area (Å²) in [6.45, 7) is 2.28. The monoisotopic (exact) mass is 271 g/mol. The summed E-state index contributed by atoms with van der Waals surface area (Å²) in [5.74, 6) is 0. The van der Waals surface area contributed by atoms with E-state index < -0.39 is 0 Å². The van der Waals surface area contributed by atoms with Crippen molar-refractivity contribution in [2.75, 3.05) is 11.9 Å². The summed E-state index contributed by atoms with van der Waals surface area (Å²) < 4.78 is 0. The number of rotatable bonds is 8. The topological polar surface area (TPSA) is 3.24 Å². The number of unbranched alkanes of at least 4 members (excludes halogenated alkanes) is 6. The van der Waals surface area contributed by atoms with Gasteiger partial charge in [0.2, 0.25) is 0 Å². The highest BCUT2D eigenvalue weighted by Crippen LogP contribution is 2.29. The number of likely N-dealkylation sites (N-methyl/N-ethyl adjacent to an activating group) is 1. The zero-order valence-corrected chi connectivity index (χ0v) is 13.1. The summed E-state index contributed by atoms with van der Waals surface area (Å²) in [5.41, 5.74) is 2.73. The minimum atomic E-state index is 0.584. The maximum atomic E-state index is 2.44. The molecule has 0 radical (unpaired) electrons. The maximum Gasteiger partial charge on any atom is 0.0473 e. The van der Waals surface area contributed by atoms with Crippen LogP contribution in [-0.4, -0.2) is 13.1 Å². The molecule has 1 aromatic carbocycles. The molecule has 0 spiro atoms. The lowest BCUT2D eigenvalue weighted by molar-refractivity contribution is 0.552. The quantitative estimate of drug-likeness (QED) is 0.551. The summed E-state index contributed by atoms with van der Waals surface area (Å²) in [7, 11) is 2.23. The normalized spacial score (nSPS) is 17.3. The van der Waals surface area contributed by atoms with Gasteiger partial charge in [0.1, 0.15) is 0 Å². The molecule has 1 nitrogen and oxygen atoms in total. The number of fused-ring (bicyclic) bond motifs is 1. The number of anilines is 1. The average molecular weight is 271 g/mol. The van der Waals surface area contributed by atoms with Crippen LogP contribution in [-0.2, 0) is 0 Å². The summed E-state index contributed by atoms with van der Waals surface area (Å²) in [6.07, 6.45) is 15.7. The van der Waals surface area contributed by atoms with Crippen molar-refractivity contribution in [3.05, 3.63) is 35.9 Å². The Kier molecular flexibility index (Phi) is 6.17. The molecule has 2 rings (SSSR count). The van der Waals surface area contributed by atoms with Gasteiger partial charge in [-0.25, -0.2) is 0 Å². The summed E-state index contributed by atoms with van der Waals surface area (Å²) in [5, 5.41) is 0. The Morgan fingerprint density at radius 2 is 1.65 bits per heavy atom. The van der Waals surface area contributed by atoms with Gasteiger partial charge in [0.25, 0.3) is 0 Å². The molecular formula is C19H29N. The number of benzene rings is 1. The van der Waals surface area contributed by atoms with Crippen LogP contribution in [0.1, 0.15) is 63.9 Å². The lowest BCUT2D eigenvalue weighted by Crippen LogP contribution is -2.32. The molecule has 20 heavy (non-hydrogen) atoms. The van der Waals surface area contributed by atoms with E-state index in [4.69, 9.17) is 0 Å². The van der Waals surface area contributed by atoms with E-state index in [1.165, 1.54) is 62.6 Å². The van der Waals surface area contributed by atoms with Gasteiger partial charge in [-0.3, -0.25) is 0 Å². The Labute approximate surface area is 124 Å². The molecular weight excluding hydrogens is 242 g/mol. The zero-order valence-electron chi connectivity index (χ0n) is 13.1. The lowest BCUT2D eigenvalue weighted by atomic mass is 9.99. The number of hydrogen-bond donors (Lipinski definition) is 0. The molecule has 0 fully saturated rings. The van der Waals surface area contributed by atoms with Crippen molar-refractivity contribution in [1.29, 1.82) is 0 Å². The van der Waals surface area contributed by atoms with Gasteiger partial charge < -0.3 is 4.90 Å². The molecule has 110 valence electrons. The number of para-hydroxylation sites is 1. The van der Waals surface area contributed by atoms with Crippen LogP contribution < -0.4 is 4.90 Å². The van der Waals surface area contributed by atoms with Crippen LogP contribution in [0.3, 0.4) is 0 Å². The van der Waals surface area contributed by atoms with Gasteiger partial charge in [-0.05, 0) is 18.1 Å². The van der Waals surface area contributed by atoms with Gasteiger partial charge in [0.05, 0.1) is 0 Å². The number of nitrogens with zero attached hydrogens (tertiary/aromatic N) is 1. The molecule has 0 bridgehead atoms. The van der Waals surface area contributed by atoms with Crippen LogP contribution in [0, 0.1) is 0 Å². The predicted molar refractivity (Wildman–Crippen MR) is 90.3 cm³/mol. The van der Waals surface area contributed by atoms with E-state index in [9.17, 15) is 0 Å². The van der Waals surface area contributed by atoms with E-state index in [0.29, 0.717) is 6.04 Å². The largest absolute Gasteiger partial charge is 0.368 e. The van der Waals surface area contributed by atoms with Crippen molar-refractivity contribution >= 4 is 11.8 Å². The SMILES string of the molecule is CCCCCCCCCC1C=Cc2ccccc2N1C. The molecule has 1 atom stereocenters. The van der Waals surface area contributed by atoms with Gasteiger partial charge in [-0.15, -0.1) is 0 Å². The number of hydrogen-bond acceptors (Lipinski definition) is 1. The predicted octanol–water partition coefficient (Wildman–Crippen LogP) is 5.66. The lowest BCUT2D eigenvalue weighted by Gasteiger charge is -2.32. The van der Waals surface area contributed by atoms with Crippen molar-refractivity contribution in [3.63, 3.8) is 0 Å². The fourth-order valence-corrected chi connectivity index (χ4v) is 3.07. The molecule has 1 heteroatoms. The second kappa shape index (κ2) is 8.14. The maximum absolute atomic E-state index is 2.44. The molecule has 0 saturated heterocycles. The van der Waals surface area contributed by atoms with Crippen molar-refractivity contribution in [2.45, 2.75) is 64.3 Å². The first-order valence-electron chi connectivity index (χ1n) is 8.33. The van der Waals surface area contributed by atoms with E-state index in [0.717, 1.165) is 0 Å². The fourth-order valence-electron chi connectivity index (χ4n) is 3.07. The molecule has 0 aromatic heterocycles. The summed E-state index contributed by atoms with van der Waals surface area (Å²) >= 11 is 0. The standard InChI is InChI=1S/C19H29N/c1-3-4-5-6-7-8-9-13-18-16-15-17-12-10-11-14-19(17)20(18)2/h10-12,14-16,18H,3-9,13H2,1-2H3. The Morgan fingerprint density at radius 3 is 2.45 bits per heavy atom. The smallest absolute Gasteiger partial charge is 0.0473 e. The van der Waals surface area contributed by atoms with Crippen LogP contribution in [0.15, 0.2) is 30.3 Å². The molecule has 0 amide bonds. The molecule has 0 N–H and O–H groups in total. The van der Waals surface area contributed by atoms with Gasteiger partial charge >= 0.3 is 0 Å². The van der Waals surface area contributed by atoms with Crippen LogP contribution in [0.4, 0.5) is 5.69 Å². The van der Waals surface area contributed by atoms with Crippen molar-refractivity contribution in [3.8, 4) is 0 Å². The van der Waals surface area contributed by atoms with Gasteiger partial charge in [0.15, 0.2) is 0 Å². The zero-order chi connectivity index (χ0) is 14.2. The summed E-state index contributed by atoms with van der Waals surface area (Å²) in [6, 6.07) is 9.27. The van der Waals surface area contributed by atoms with Gasteiger partial charge in [-0.1, -0.05) is 82.2 Å². The minimum Gasteiger partial charge on any atom is -0.368 e. The Morgan fingerprint density at radius 1 is 0.950 bits per heavy atom. The van der Waals surface area contributed by atoms with Crippen LogP contribution >= 0.6 is 0 Å². The van der Waals surface area contributed by atoms with E-state index in [1.54, 1.807) is 0 Å². The first-order chi connectivity index (χ1) is 9.83. The van der Waals surface area contributed by atoms with Gasteiger partial charge in [-0.2, -0.15) is 0 Å². The van der Waals surface area contributed by atoms with Crippen molar-refractivity contribution < 1.29 is 0 Å². The first kappa shape index (κ1) is 15.2. The third-order valence-corrected chi connectivity index (χ3v) is 4.42. The molecule has 1 aromatic rings. The second-order valence-corrected chi connectivity index (χ2v) is 6.01. The molecule has 1 aliphatic heterocycles. The van der Waals surface area contributed by atoms with Crippen LogP contribution in [0.5, 0.6) is 0 Å². The van der Waals surface area contributed by atoms with Crippen molar-refractivity contribution in [2.24, 2.45) is 0 Å². The Bertz CT molecular complexity index is 422. The van der Waals surface area contributed by atoms with Crippen LogP contribution in [0.25, 0.3) is 6.08 Å². The van der Waals surface area contributed by atoms with E-state index in [1.807, 2.05) is 0 Å². The van der Waals surface area contributed by atoms with E-state index in [2.05, 4.69) is 55.3 Å². The highest BCUT2D eigenvalue weighted by Gasteiger charge is 2.17. The van der Waals surface area contributed by atoms with Crippen LogP contribution in [0.2, 0.25) is 0 Å². The molecule has 1 aliphatic rings. The first-order valence-corrected chi connectivity index (χ1v) is 8.33. The minimum absolute atomic E-state index is 0.584. The molecule has 1 unspecified atom stereocenters. The Hall–Kier alpha value is -1.24. The highest BCUT2D eigenvalue weighted by atomic mass is 15.1. The Balaban J connectivity index is 1.70. The van der Waals surface area contributed by atoms with Crippen molar-refractivity contribution in [1.82, 2.24) is 0 Å². The highest BCUT2D eigenvalue weighted by molar-refractivity contribution is 5.71. The summed E-state index contributed by atoms with van der Waals surface area (Å²) in [4.78, 5) is 2.44.